The Labute approximate surface area is 118 Å². The van der Waals surface area contributed by atoms with Gasteiger partial charge in [0.25, 0.3) is 5.91 Å². The van der Waals surface area contributed by atoms with Crippen molar-refractivity contribution in [1.82, 2.24) is 5.32 Å². The molecule has 0 spiro atoms. The first-order valence-corrected chi connectivity index (χ1v) is 6.44. The minimum Gasteiger partial charge on any atom is -0.506 e. The number of halogens is 3. The molecule has 0 unspecified atom stereocenters. The van der Waals surface area contributed by atoms with Gasteiger partial charge < -0.3 is 10.4 Å². The van der Waals surface area contributed by atoms with Gasteiger partial charge in [0.2, 0.25) is 0 Å². The average molecular weight is 295 g/mol. The number of hydrogen-bond donors (Lipinski definition) is 2. The van der Waals surface area contributed by atoms with Gasteiger partial charge in [-0.05, 0) is 24.3 Å². The molecule has 1 aliphatic rings. The second-order valence-corrected chi connectivity index (χ2v) is 5.22. The lowest BCUT2D eigenvalue weighted by atomic mass is 10.0. The maximum absolute atomic E-state index is 12.8. The first kappa shape index (κ1) is 13.7. The Balaban J connectivity index is 1.94. The second kappa shape index (κ2) is 4.38. The zero-order valence-electron chi connectivity index (χ0n) is 10.9. The highest BCUT2D eigenvalue weighted by molar-refractivity contribution is 6.04. The highest BCUT2D eigenvalue weighted by Gasteiger charge is 2.64. The summed E-state index contributed by atoms with van der Waals surface area (Å²) in [6, 6.07) is 9.73. The Morgan fingerprint density at radius 2 is 1.81 bits per heavy atom. The first-order valence-electron chi connectivity index (χ1n) is 6.44. The summed E-state index contributed by atoms with van der Waals surface area (Å²) in [5, 5.41) is 13.2. The van der Waals surface area contributed by atoms with E-state index in [2.05, 4.69) is 0 Å². The number of aromatic hydroxyl groups is 1. The number of phenolic OH excluding ortho intramolecular Hbond substituents is 1. The third kappa shape index (κ3) is 2.20. The highest BCUT2D eigenvalue weighted by Crippen LogP contribution is 2.49. The van der Waals surface area contributed by atoms with E-state index in [1.54, 1.807) is 30.3 Å². The molecule has 3 rings (SSSR count). The van der Waals surface area contributed by atoms with E-state index in [0.29, 0.717) is 10.8 Å². The molecule has 0 radical (unpaired) electrons. The van der Waals surface area contributed by atoms with Crippen molar-refractivity contribution < 1.29 is 23.1 Å². The smallest absolute Gasteiger partial charge is 0.411 e. The fourth-order valence-corrected chi connectivity index (χ4v) is 2.33. The topological polar surface area (TPSA) is 49.3 Å². The molecule has 0 bridgehead atoms. The van der Waals surface area contributed by atoms with Gasteiger partial charge in [0.15, 0.2) is 0 Å². The molecule has 21 heavy (non-hydrogen) atoms. The number of rotatable bonds is 2. The van der Waals surface area contributed by atoms with E-state index in [1.807, 2.05) is 5.32 Å². The van der Waals surface area contributed by atoms with Gasteiger partial charge in [0.05, 0.1) is 5.56 Å². The van der Waals surface area contributed by atoms with E-state index in [4.69, 9.17) is 0 Å². The molecular weight excluding hydrogens is 283 g/mol. The van der Waals surface area contributed by atoms with E-state index in [9.17, 15) is 23.1 Å². The van der Waals surface area contributed by atoms with Crippen molar-refractivity contribution >= 4 is 16.7 Å². The average Bonchev–Trinajstić information content (AvgIpc) is 3.20. The van der Waals surface area contributed by atoms with Crippen LogP contribution in [0.1, 0.15) is 23.2 Å². The Hall–Kier alpha value is -2.24. The summed E-state index contributed by atoms with van der Waals surface area (Å²) in [7, 11) is 0. The molecule has 2 aromatic carbocycles. The highest BCUT2D eigenvalue weighted by atomic mass is 19.4. The summed E-state index contributed by atoms with van der Waals surface area (Å²) in [6.45, 7) is 0. The summed E-state index contributed by atoms with van der Waals surface area (Å²) in [5.41, 5.74) is -2.29. The molecule has 0 aromatic heterocycles. The molecule has 110 valence electrons. The molecule has 1 aliphatic carbocycles. The number of phenols is 1. The molecule has 1 amide bonds. The third-order valence-electron chi connectivity index (χ3n) is 3.79. The Morgan fingerprint density at radius 3 is 2.43 bits per heavy atom. The molecule has 0 aliphatic heterocycles. The number of alkyl halides is 3. The zero-order valence-corrected chi connectivity index (χ0v) is 10.9. The van der Waals surface area contributed by atoms with Crippen LogP contribution in [0.4, 0.5) is 13.2 Å². The van der Waals surface area contributed by atoms with Crippen LogP contribution in [0.25, 0.3) is 10.8 Å². The van der Waals surface area contributed by atoms with Gasteiger partial charge in [-0.15, -0.1) is 0 Å². The summed E-state index contributed by atoms with van der Waals surface area (Å²) < 4.78 is 38.5. The SMILES string of the molecule is O=C(NC1(C(F)(F)F)CC1)c1ccc2ccccc2c1O. The molecule has 0 saturated heterocycles. The Morgan fingerprint density at radius 1 is 1.14 bits per heavy atom. The van der Waals surface area contributed by atoms with Gasteiger partial charge in [-0.3, -0.25) is 4.79 Å². The summed E-state index contributed by atoms with van der Waals surface area (Å²) in [6.07, 6.45) is -4.73. The van der Waals surface area contributed by atoms with Crippen molar-refractivity contribution in [3.05, 3.63) is 42.0 Å². The fourth-order valence-electron chi connectivity index (χ4n) is 2.33. The van der Waals surface area contributed by atoms with Crippen LogP contribution >= 0.6 is 0 Å². The van der Waals surface area contributed by atoms with Crippen molar-refractivity contribution in [2.75, 3.05) is 0 Å². The van der Waals surface area contributed by atoms with Crippen LogP contribution in [0.3, 0.4) is 0 Å². The van der Waals surface area contributed by atoms with Gasteiger partial charge >= 0.3 is 6.18 Å². The number of hydrogen-bond acceptors (Lipinski definition) is 2. The van der Waals surface area contributed by atoms with Crippen LogP contribution in [0.2, 0.25) is 0 Å². The van der Waals surface area contributed by atoms with Crippen LogP contribution in [-0.4, -0.2) is 22.7 Å². The lowest BCUT2D eigenvalue weighted by Crippen LogP contribution is -2.47. The quantitative estimate of drug-likeness (QED) is 0.892. The van der Waals surface area contributed by atoms with Gasteiger partial charge in [-0.2, -0.15) is 13.2 Å². The molecule has 1 fully saturated rings. The maximum Gasteiger partial charge on any atom is 0.411 e. The zero-order chi connectivity index (χ0) is 15.3. The van der Waals surface area contributed by atoms with Gasteiger partial charge in [-0.1, -0.05) is 30.3 Å². The van der Waals surface area contributed by atoms with Crippen molar-refractivity contribution in [1.29, 1.82) is 0 Å². The van der Waals surface area contributed by atoms with Gasteiger partial charge in [-0.25, -0.2) is 0 Å². The molecule has 2 aromatic rings. The molecule has 1 saturated carbocycles. The Kier molecular flexibility index (Phi) is 2.86. The molecular formula is C15H12F3NO2. The van der Waals surface area contributed by atoms with E-state index in [1.165, 1.54) is 6.07 Å². The molecule has 6 heteroatoms. The lowest BCUT2D eigenvalue weighted by Gasteiger charge is -2.21. The lowest BCUT2D eigenvalue weighted by molar-refractivity contribution is -0.163. The fraction of sp³-hybridized carbons (Fsp3) is 0.267. The minimum absolute atomic E-state index is 0.128. The summed E-state index contributed by atoms with van der Waals surface area (Å²) in [4.78, 5) is 12.0. The number of amides is 1. The van der Waals surface area contributed by atoms with Gasteiger partial charge in [0.1, 0.15) is 11.3 Å². The van der Waals surface area contributed by atoms with Crippen LogP contribution in [-0.2, 0) is 0 Å². The number of fused-ring (bicyclic) bond motifs is 1. The monoisotopic (exact) mass is 295 g/mol. The van der Waals surface area contributed by atoms with Gasteiger partial charge in [0, 0.05) is 5.39 Å². The van der Waals surface area contributed by atoms with Crippen LogP contribution in [0.15, 0.2) is 36.4 Å². The molecule has 3 nitrogen and oxygen atoms in total. The predicted octanol–water partition coefficient (Wildman–Crippen LogP) is 3.37. The minimum atomic E-state index is -4.48. The second-order valence-electron chi connectivity index (χ2n) is 5.22. The van der Waals surface area contributed by atoms with Crippen molar-refractivity contribution in [3.8, 4) is 5.75 Å². The van der Waals surface area contributed by atoms with Crippen molar-refractivity contribution in [3.63, 3.8) is 0 Å². The molecule has 0 heterocycles. The molecule has 2 N–H and O–H groups in total. The van der Waals surface area contributed by atoms with Crippen LogP contribution < -0.4 is 5.32 Å². The van der Waals surface area contributed by atoms with Crippen molar-refractivity contribution in [2.45, 2.75) is 24.6 Å². The maximum atomic E-state index is 12.8. The number of carbonyl (C=O) groups is 1. The third-order valence-corrected chi connectivity index (χ3v) is 3.79. The number of nitrogens with one attached hydrogen (secondary N) is 1. The number of benzene rings is 2. The van der Waals surface area contributed by atoms with E-state index in [0.717, 1.165) is 0 Å². The van der Waals surface area contributed by atoms with E-state index < -0.39 is 17.6 Å². The van der Waals surface area contributed by atoms with Crippen LogP contribution in [0, 0.1) is 0 Å². The van der Waals surface area contributed by atoms with Crippen molar-refractivity contribution in [2.24, 2.45) is 0 Å². The Bertz CT molecular complexity index is 720. The summed E-state index contributed by atoms with van der Waals surface area (Å²) >= 11 is 0. The normalized spacial score (nSPS) is 16.7. The van der Waals surface area contributed by atoms with E-state index >= 15 is 0 Å². The standard InChI is InChI=1S/C15H12F3NO2/c16-15(17,18)14(7-8-14)19-13(21)11-6-5-9-3-1-2-4-10(9)12(11)20/h1-6,20H,7-8H2,(H,19,21). The van der Waals surface area contributed by atoms with Crippen LogP contribution in [0.5, 0.6) is 5.75 Å². The van der Waals surface area contributed by atoms with E-state index in [-0.39, 0.29) is 24.2 Å². The predicted molar refractivity (Wildman–Crippen MR) is 71.1 cm³/mol. The summed E-state index contributed by atoms with van der Waals surface area (Å²) in [5.74, 6) is -1.21. The first-order chi connectivity index (χ1) is 9.84. The largest absolute Gasteiger partial charge is 0.506 e. The molecule has 0 atom stereocenters. The number of carbonyl (C=O) groups excluding carboxylic acids is 1.